The van der Waals surface area contributed by atoms with Crippen molar-refractivity contribution in [2.75, 3.05) is 18.9 Å². The first-order valence-corrected chi connectivity index (χ1v) is 37.4. The van der Waals surface area contributed by atoms with Crippen molar-refractivity contribution in [3.8, 4) is 44.5 Å². The standard InChI is InChI=1S/C68H42N16O24S4/c85-77(86)45-17-29-61(57(33-45)81(93)94)109(101,102)73-41-9-1-37(2-10-41)65-49-21-23-51(69-49)66(38-3-11-42(12-4-38)74-110(103,104)62-30-18-46(78(87)88)34-58(62)82(95)96)53-25-27-55(71-53)68(40-7-15-44(16-8-40)76-112(107,108)64-32-20-48(80(91)92)36-60(64)84(99)100)56-28-26-54(72-56)67(52-24-22-50(65)70-52)39-5-13-43(14-6-39)75-111(105,106)63-31-19-47(79(89)90)35-59(63)83(97)98/h1-36,69,72-76H. The minimum atomic E-state index is -4.85. The molecule has 0 amide bonds. The SMILES string of the molecule is O=[N+]([O-])c1ccc(S(=O)(=O)Nc2ccc(-c3c4nc(c(-c5ccc(NS(=O)(=O)c6ccc([N+](=O)[O-])cc6[N+](=O)[O-])cc5)c5ccc([nH]5)c(-c5ccc(NS(=O)(=O)c6ccc([N+](=O)[O-])cc6[N+](=O)[O-])cc5)c5nc(c(-c6ccc(NS(=O)(=O)c7ccc([N+](=O)[O-])cc7[N+](=O)[O-])cc6)c6ccc3[nH]6)C=C5)C=C4)cc2)c([N+](=O)[O-])c1. The van der Waals surface area contributed by atoms with Gasteiger partial charge in [0.15, 0.2) is 19.6 Å². The number of benzene rings is 8. The van der Waals surface area contributed by atoms with Crippen LogP contribution in [-0.4, -0.2) is 93.0 Å². The smallest absolute Gasteiger partial charge is 0.296 e. The zero-order valence-electron chi connectivity index (χ0n) is 55.7. The summed E-state index contributed by atoms with van der Waals surface area (Å²) in [5.41, 5.74) is -3.81. The molecule has 2 aliphatic rings. The summed E-state index contributed by atoms with van der Waals surface area (Å²) in [5.74, 6) is 0. The molecular formula is C68H42N16O24S4. The van der Waals surface area contributed by atoms with Crippen molar-refractivity contribution in [2.45, 2.75) is 19.6 Å². The van der Waals surface area contributed by atoms with Crippen LogP contribution in [0, 0.1) is 80.9 Å². The molecule has 11 aromatic rings. The fourth-order valence-electron chi connectivity index (χ4n) is 12.0. The van der Waals surface area contributed by atoms with E-state index in [0.29, 0.717) is 70.8 Å². The minimum absolute atomic E-state index is 0.154. The van der Waals surface area contributed by atoms with Crippen LogP contribution in [0.4, 0.5) is 68.2 Å². The lowest BCUT2D eigenvalue weighted by Gasteiger charge is -2.11. The van der Waals surface area contributed by atoms with E-state index in [-0.39, 0.29) is 89.8 Å². The van der Waals surface area contributed by atoms with E-state index in [9.17, 15) is 115 Å². The molecule has 0 fully saturated rings. The van der Waals surface area contributed by atoms with Crippen LogP contribution in [0.3, 0.4) is 0 Å². The lowest BCUT2D eigenvalue weighted by atomic mass is 10.0. The van der Waals surface area contributed by atoms with Crippen molar-refractivity contribution >= 4 is 155 Å². The van der Waals surface area contributed by atoms with Gasteiger partial charge in [-0.1, -0.05) is 48.5 Å². The molecular weight excluding hydrogens is 1550 g/mol. The monoisotopic (exact) mass is 1590 g/mol. The van der Waals surface area contributed by atoms with E-state index < -0.39 is 145 Å². The van der Waals surface area contributed by atoms with Gasteiger partial charge in [0.25, 0.3) is 85.6 Å². The third kappa shape index (κ3) is 14.8. The summed E-state index contributed by atoms with van der Waals surface area (Å²) in [4.78, 5) is 99.8. The first-order valence-electron chi connectivity index (χ1n) is 31.5. The molecule has 2 aliphatic heterocycles. The number of rotatable bonds is 24. The quantitative estimate of drug-likeness (QED) is 0.0242. The molecule has 562 valence electrons. The van der Waals surface area contributed by atoms with E-state index >= 15 is 0 Å². The highest BCUT2D eigenvalue weighted by atomic mass is 32.2. The van der Waals surface area contributed by atoms with Gasteiger partial charge in [-0.2, -0.15) is 0 Å². The van der Waals surface area contributed by atoms with E-state index in [0.717, 1.165) is 24.3 Å². The second-order valence-electron chi connectivity index (χ2n) is 23.9. The Morgan fingerprint density at radius 1 is 0.250 bits per heavy atom. The van der Waals surface area contributed by atoms with Crippen LogP contribution in [0.15, 0.2) is 214 Å². The highest BCUT2D eigenvalue weighted by Crippen LogP contribution is 2.42. The molecule has 0 saturated carbocycles. The molecule has 5 heterocycles. The lowest BCUT2D eigenvalue weighted by molar-refractivity contribution is -0.396. The van der Waals surface area contributed by atoms with Gasteiger partial charge >= 0.3 is 0 Å². The number of nitro groups is 8. The Bertz CT molecular complexity index is 5930. The number of aromatic nitrogens is 4. The zero-order valence-corrected chi connectivity index (χ0v) is 59.0. The Morgan fingerprint density at radius 2 is 0.438 bits per heavy atom. The summed E-state index contributed by atoms with van der Waals surface area (Å²) in [5, 5.41) is 94.5. The molecule has 6 N–H and O–H groups in total. The van der Waals surface area contributed by atoms with Gasteiger partial charge in [-0.25, -0.2) is 43.6 Å². The van der Waals surface area contributed by atoms with Crippen molar-refractivity contribution in [1.82, 2.24) is 19.9 Å². The molecule has 0 radical (unpaired) electrons. The largest absolute Gasteiger partial charge is 0.354 e. The second-order valence-corrected chi connectivity index (χ2v) is 30.5. The second kappa shape index (κ2) is 28.7. The van der Waals surface area contributed by atoms with Crippen molar-refractivity contribution < 1.29 is 73.1 Å². The normalized spacial score (nSPS) is 12.0. The maximum absolute atomic E-state index is 13.9. The summed E-state index contributed by atoms with van der Waals surface area (Å²) in [7, 11) is -19.4. The first-order chi connectivity index (χ1) is 53.0. The van der Waals surface area contributed by atoms with Crippen molar-refractivity contribution in [3.05, 3.63) is 298 Å². The summed E-state index contributed by atoms with van der Waals surface area (Å²) in [6.45, 7) is 0. The highest BCUT2D eigenvalue weighted by Gasteiger charge is 2.34. The number of aromatic amines is 2. The van der Waals surface area contributed by atoms with Crippen molar-refractivity contribution in [1.29, 1.82) is 0 Å². The number of H-pyrrole nitrogens is 2. The molecule has 3 aromatic heterocycles. The summed E-state index contributed by atoms with van der Waals surface area (Å²) >= 11 is 0. The Kier molecular flexibility index (Phi) is 19.2. The van der Waals surface area contributed by atoms with Gasteiger partial charge in [-0.05, 0) is 144 Å². The Balaban J connectivity index is 1.01. The summed E-state index contributed by atoms with van der Waals surface area (Å²) < 4.78 is 120. The molecule has 8 bridgehead atoms. The Morgan fingerprint density at radius 3 is 0.607 bits per heavy atom. The summed E-state index contributed by atoms with van der Waals surface area (Å²) in [6, 6.07) is 36.5. The van der Waals surface area contributed by atoms with Crippen molar-refractivity contribution in [3.63, 3.8) is 0 Å². The molecule has 13 rings (SSSR count). The van der Waals surface area contributed by atoms with Crippen LogP contribution in [-0.2, 0) is 40.1 Å². The Labute approximate surface area is 625 Å². The first kappa shape index (κ1) is 74.8. The van der Waals surface area contributed by atoms with E-state index in [4.69, 9.17) is 9.97 Å². The number of anilines is 4. The molecule has 44 heteroatoms. The fourth-order valence-corrected chi connectivity index (χ4v) is 16.9. The molecule has 0 unspecified atom stereocenters. The molecule has 112 heavy (non-hydrogen) atoms. The van der Waals surface area contributed by atoms with Gasteiger partial charge in [0.1, 0.15) is 0 Å². The van der Waals surface area contributed by atoms with Crippen LogP contribution in [0.5, 0.6) is 0 Å². The van der Waals surface area contributed by atoms with Gasteiger partial charge in [-0.3, -0.25) is 99.8 Å². The fraction of sp³-hybridized carbons (Fsp3) is 0. The van der Waals surface area contributed by atoms with Crippen LogP contribution in [0.25, 0.3) is 90.9 Å². The average Bonchev–Trinajstić information content (AvgIpc) is 1.64. The predicted molar refractivity (Wildman–Crippen MR) is 403 cm³/mol. The van der Waals surface area contributed by atoms with Gasteiger partial charge in [0, 0.05) is 91.3 Å². The maximum Gasteiger partial charge on any atom is 0.296 e. The minimum Gasteiger partial charge on any atom is -0.354 e. The topological polar surface area (TPSA) is 587 Å². The third-order valence-electron chi connectivity index (χ3n) is 17.0. The Hall–Kier alpha value is -15.4. The number of hydrogen-bond acceptors (Lipinski definition) is 26. The van der Waals surface area contributed by atoms with E-state index in [1.165, 1.54) is 97.1 Å². The zero-order chi connectivity index (χ0) is 80.2. The number of nitrogens with zero attached hydrogens (tertiary/aromatic N) is 10. The molecule has 0 atom stereocenters. The highest BCUT2D eigenvalue weighted by molar-refractivity contribution is 7.93. The van der Waals surface area contributed by atoms with Gasteiger partial charge in [0.2, 0.25) is 0 Å². The lowest BCUT2D eigenvalue weighted by Crippen LogP contribution is -2.15. The van der Waals surface area contributed by atoms with E-state index in [1.807, 2.05) is 0 Å². The van der Waals surface area contributed by atoms with Crippen molar-refractivity contribution in [2.24, 2.45) is 0 Å². The molecule has 8 aromatic carbocycles. The van der Waals surface area contributed by atoms with Crippen LogP contribution in [0.1, 0.15) is 22.8 Å². The van der Waals surface area contributed by atoms with Gasteiger partial charge < -0.3 is 9.97 Å². The predicted octanol–water partition coefficient (Wildman–Crippen LogP) is 13.8. The molecule has 0 aliphatic carbocycles. The number of non-ortho nitro benzene ring substituents is 4. The summed E-state index contributed by atoms with van der Waals surface area (Å²) in [6.07, 6.45) is 6.41. The van der Waals surface area contributed by atoms with Gasteiger partial charge in [-0.15, -0.1) is 0 Å². The van der Waals surface area contributed by atoms with Gasteiger partial charge in [0.05, 0.1) is 86.4 Å². The van der Waals surface area contributed by atoms with E-state index in [1.54, 1.807) is 48.6 Å². The number of nitrogens with one attached hydrogen (secondary N) is 6. The number of fused-ring (bicyclic) bond motifs is 8. The maximum atomic E-state index is 13.9. The van der Waals surface area contributed by atoms with Crippen LogP contribution >= 0.6 is 0 Å². The number of sulfonamides is 4. The molecule has 0 saturated heterocycles. The third-order valence-corrected chi connectivity index (χ3v) is 22.7. The van der Waals surface area contributed by atoms with E-state index in [2.05, 4.69) is 28.9 Å². The molecule has 40 nitrogen and oxygen atoms in total. The number of hydrogen-bond donors (Lipinski definition) is 6. The molecule has 0 spiro atoms. The van der Waals surface area contributed by atoms with Crippen LogP contribution in [0.2, 0.25) is 0 Å². The number of nitro benzene ring substituents is 8. The average molecular weight is 1600 g/mol. The van der Waals surface area contributed by atoms with Crippen LogP contribution < -0.4 is 18.9 Å².